The SMILES string of the molecule is CCCNC(CCS(C)(=O)=O)c1ccc(OC)cc1OC. The number of rotatable bonds is 9. The van der Waals surface area contributed by atoms with Crippen LogP contribution in [0, 0.1) is 0 Å². The van der Waals surface area contributed by atoms with Gasteiger partial charge in [0.05, 0.1) is 20.0 Å². The molecule has 0 saturated heterocycles. The Bertz CT molecular complexity index is 543. The lowest BCUT2D eigenvalue weighted by atomic mass is 10.0. The Morgan fingerprint density at radius 1 is 1.24 bits per heavy atom. The van der Waals surface area contributed by atoms with Gasteiger partial charge >= 0.3 is 0 Å². The molecule has 0 aromatic heterocycles. The smallest absolute Gasteiger partial charge is 0.147 e. The quantitative estimate of drug-likeness (QED) is 0.756. The first-order valence-corrected chi connectivity index (χ1v) is 9.10. The van der Waals surface area contributed by atoms with E-state index in [2.05, 4.69) is 12.2 Å². The summed E-state index contributed by atoms with van der Waals surface area (Å²) in [6, 6.07) is 5.54. The number of benzene rings is 1. The van der Waals surface area contributed by atoms with Crippen LogP contribution in [0.3, 0.4) is 0 Å². The molecule has 0 amide bonds. The van der Waals surface area contributed by atoms with Crippen LogP contribution < -0.4 is 14.8 Å². The number of hydrogen-bond acceptors (Lipinski definition) is 5. The predicted molar refractivity (Wildman–Crippen MR) is 84.9 cm³/mol. The summed E-state index contributed by atoms with van der Waals surface area (Å²) >= 11 is 0. The minimum Gasteiger partial charge on any atom is -0.497 e. The lowest BCUT2D eigenvalue weighted by Crippen LogP contribution is -2.25. The molecule has 1 atom stereocenters. The molecule has 5 nitrogen and oxygen atoms in total. The molecule has 1 aromatic carbocycles. The van der Waals surface area contributed by atoms with E-state index < -0.39 is 9.84 Å². The summed E-state index contributed by atoms with van der Waals surface area (Å²) in [5.41, 5.74) is 0.954. The highest BCUT2D eigenvalue weighted by Crippen LogP contribution is 2.31. The van der Waals surface area contributed by atoms with Gasteiger partial charge in [0.25, 0.3) is 0 Å². The standard InChI is InChI=1S/C15H25NO4S/c1-5-9-16-14(8-10-21(4,17)18)13-7-6-12(19-2)11-15(13)20-3/h6-7,11,14,16H,5,8-10H2,1-4H3. The zero-order chi connectivity index (χ0) is 15.9. The Hall–Kier alpha value is -1.27. The van der Waals surface area contributed by atoms with Crippen LogP contribution in [0.25, 0.3) is 0 Å². The molecule has 0 heterocycles. The van der Waals surface area contributed by atoms with Crippen LogP contribution >= 0.6 is 0 Å². The van der Waals surface area contributed by atoms with Gasteiger partial charge in [-0.2, -0.15) is 0 Å². The van der Waals surface area contributed by atoms with E-state index in [1.54, 1.807) is 14.2 Å². The molecule has 1 aromatic rings. The number of nitrogens with one attached hydrogen (secondary N) is 1. The number of ether oxygens (including phenoxy) is 2. The average Bonchev–Trinajstić information content (AvgIpc) is 2.46. The summed E-state index contributed by atoms with van der Waals surface area (Å²) in [4.78, 5) is 0. The Kier molecular flexibility index (Phi) is 6.98. The van der Waals surface area contributed by atoms with Gasteiger partial charge in [0, 0.05) is 23.9 Å². The fraction of sp³-hybridized carbons (Fsp3) is 0.600. The molecule has 0 fully saturated rings. The van der Waals surface area contributed by atoms with Gasteiger partial charge in [-0.25, -0.2) is 8.42 Å². The lowest BCUT2D eigenvalue weighted by molar-refractivity contribution is 0.382. The Morgan fingerprint density at radius 3 is 2.48 bits per heavy atom. The van der Waals surface area contributed by atoms with E-state index in [-0.39, 0.29) is 11.8 Å². The second-order valence-electron chi connectivity index (χ2n) is 5.03. The van der Waals surface area contributed by atoms with E-state index in [9.17, 15) is 8.42 Å². The van der Waals surface area contributed by atoms with Gasteiger partial charge in [-0.05, 0) is 25.5 Å². The molecule has 0 aliphatic carbocycles. The van der Waals surface area contributed by atoms with Crippen LogP contribution in [0.15, 0.2) is 18.2 Å². The van der Waals surface area contributed by atoms with Crippen molar-refractivity contribution in [3.05, 3.63) is 23.8 Å². The zero-order valence-corrected chi connectivity index (χ0v) is 14.0. The van der Waals surface area contributed by atoms with Crippen molar-refractivity contribution in [2.75, 3.05) is 32.8 Å². The maximum atomic E-state index is 11.4. The van der Waals surface area contributed by atoms with Crippen LogP contribution in [0.2, 0.25) is 0 Å². The third-order valence-corrected chi connectivity index (χ3v) is 4.21. The third-order valence-electron chi connectivity index (χ3n) is 3.23. The van der Waals surface area contributed by atoms with Gasteiger partial charge in [0.15, 0.2) is 0 Å². The summed E-state index contributed by atoms with van der Waals surface area (Å²) in [5.74, 6) is 1.56. The first-order valence-electron chi connectivity index (χ1n) is 7.04. The van der Waals surface area contributed by atoms with E-state index in [1.807, 2.05) is 18.2 Å². The van der Waals surface area contributed by atoms with Crippen molar-refractivity contribution < 1.29 is 17.9 Å². The van der Waals surface area contributed by atoms with Crippen molar-refractivity contribution in [3.8, 4) is 11.5 Å². The highest BCUT2D eigenvalue weighted by atomic mass is 32.2. The molecule has 6 heteroatoms. The Labute approximate surface area is 127 Å². The van der Waals surface area contributed by atoms with Crippen LogP contribution in [0.4, 0.5) is 0 Å². The Morgan fingerprint density at radius 2 is 1.95 bits per heavy atom. The second kappa shape index (κ2) is 8.24. The largest absolute Gasteiger partial charge is 0.497 e. The van der Waals surface area contributed by atoms with Gasteiger partial charge < -0.3 is 14.8 Å². The molecule has 0 spiro atoms. The zero-order valence-electron chi connectivity index (χ0n) is 13.2. The van der Waals surface area contributed by atoms with Crippen molar-refractivity contribution in [2.45, 2.75) is 25.8 Å². The van der Waals surface area contributed by atoms with Crippen LogP contribution in [0.1, 0.15) is 31.4 Å². The summed E-state index contributed by atoms with van der Waals surface area (Å²) in [6.07, 6.45) is 2.75. The maximum absolute atomic E-state index is 11.4. The van der Waals surface area contributed by atoms with Crippen molar-refractivity contribution in [3.63, 3.8) is 0 Å². The summed E-state index contributed by atoms with van der Waals surface area (Å²) in [5, 5.41) is 3.39. The number of hydrogen-bond donors (Lipinski definition) is 1. The molecular formula is C15H25NO4S. The Balaban J connectivity index is 3.00. The van der Waals surface area contributed by atoms with Gasteiger partial charge in [0.1, 0.15) is 21.3 Å². The van der Waals surface area contributed by atoms with Gasteiger partial charge in [-0.1, -0.05) is 13.0 Å². The molecule has 1 rings (SSSR count). The van der Waals surface area contributed by atoms with Crippen LogP contribution in [-0.2, 0) is 9.84 Å². The average molecular weight is 315 g/mol. The molecule has 1 unspecified atom stereocenters. The van der Waals surface area contributed by atoms with Gasteiger partial charge in [-0.15, -0.1) is 0 Å². The van der Waals surface area contributed by atoms with E-state index in [0.29, 0.717) is 17.9 Å². The summed E-state index contributed by atoms with van der Waals surface area (Å²) in [6.45, 7) is 2.90. The number of methoxy groups -OCH3 is 2. The van der Waals surface area contributed by atoms with Crippen LogP contribution in [0.5, 0.6) is 11.5 Å². The highest BCUT2D eigenvalue weighted by Gasteiger charge is 2.18. The highest BCUT2D eigenvalue weighted by molar-refractivity contribution is 7.90. The van der Waals surface area contributed by atoms with Crippen molar-refractivity contribution in [1.82, 2.24) is 5.32 Å². The first-order chi connectivity index (χ1) is 9.91. The fourth-order valence-electron chi connectivity index (χ4n) is 2.12. The van der Waals surface area contributed by atoms with E-state index in [4.69, 9.17) is 9.47 Å². The molecule has 0 aliphatic rings. The molecule has 21 heavy (non-hydrogen) atoms. The third kappa shape index (κ3) is 5.93. The summed E-state index contributed by atoms with van der Waals surface area (Å²) in [7, 11) is 0.215. The van der Waals surface area contributed by atoms with Crippen molar-refractivity contribution in [1.29, 1.82) is 0 Å². The molecular weight excluding hydrogens is 290 g/mol. The molecule has 120 valence electrons. The van der Waals surface area contributed by atoms with Gasteiger partial charge in [-0.3, -0.25) is 0 Å². The van der Waals surface area contributed by atoms with Crippen molar-refractivity contribution in [2.24, 2.45) is 0 Å². The number of sulfone groups is 1. The maximum Gasteiger partial charge on any atom is 0.147 e. The minimum absolute atomic E-state index is 0.0551. The molecule has 0 bridgehead atoms. The predicted octanol–water partition coefficient (Wildman–Crippen LogP) is 2.18. The van der Waals surface area contributed by atoms with E-state index in [1.165, 1.54) is 6.26 Å². The lowest BCUT2D eigenvalue weighted by Gasteiger charge is -2.21. The summed E-state index contributed by atoms with van der Waals surface area (Å²) < 4.78 is 33.4. The minimum atomic E-state index is -2.99. The van der Waals surface area contributed by atoms with E-state index in [0.717, 1.165) is 18.5 Å². The fourth-order valence-corrected chi connectivity index (χ4v) is 2.79. The van der Waals surface area contributed by atoms with E-state index >= 15 is 0 Å². The van der Waals surface area contributed by atoms with Crippen LogP contribution in [-0.4, -0.2) is 41.2 Å². The van der Waals surface area contributed by atoms with Gasteiger partial charge in [0.2, 0.25) is 0 Å². The second-order valence-corrected chi connectivity index (χ2v) is 7.29. The normalized spacial score (nSPS) is 13.0. The molecule has 0 radical (unpaired) electrons. The molecule has 0 aliphatic heterocycles. The molecule has 0 saturated carbocycles. The topological polar surface area (TPSA) is 64.6 Å². The first kappa shape index (κ1) is 17.8. The van der Waals surface area contributed by atoms with Crippen molar-refractivity contribution >= 4 is 9.84 Å². The monoisotopic (exact) mass is 315 g/mol. The molecule has 1 N–H and O–H groups in total.